The summed E-state index contributed by atoms with van der Waals surface area (Å²) in [5, 5.41) is 1.47. The number of thioether (sulfide) groups is 1. The van der Waals surface area contributed by atoms with E-state index in [1.165, 1.54) is 66.2 Å². The van der Waals surface area contributed by atoms with Crippen LogP contribution in [0.1, 0.15) is 68.1 Å². The Kier molecular flexibility index (Phi) is 6.31. The van der Waals surface area contributed by atoms with Crippen LogP contribution in [-0.4, -0.2) is 72.1 Å². The summed E-state index contributed by atoms with van der Waals surface area (Å²) in [5.74, 6) is 0. The van der Waals surface area contributed by atoms with Gasteiger partial charge in [-0.25, -0.2) is 17.3 Å². The van der Waals surface area contributed by atoms with Gasteiger partial charge in [0.15, 0.2) is 6.04 Å². The highest BCUT2D eigenvalue weighted by Gasteiger charge is 2.48. The maximum absolute atomic E-state index is 13.3. The van der Waals surface area contributed by atoms with Gasteiger partial charge in [-0.1, -0.05) is 6.42 Å². The van der Waals surface area contributed by atoms with Gasteiger partial charge in [0.25, 0.3) is 0 Å². The van der Waals surface area contributed by atoms with Crippen molar-refractivity contribution in [1.29, 1.82) is 0 Å². The van der Waals surface area contributed by atoms with Crippen molar-refractivity contribution in [3.63, 3.8) is 0 Å². The Morgan fingerprint density at radius 3 is 2.35 bits per heavy atom. The molecule has 2 fully saturated rings. The number of anilines is 1. The molecule has 0 N–H and O–H groups in total. The molecule has 0 aromatic heterocycles. The molecule has 5 aliphatic rings. The summed E-state index contributed by atoms with van der Waals surface area (Å²) in [7, 11) is -0.960. The van der Waals surface area contributed by atoms with Crippen LogP contribution < -0.4 is 4.90 Å². The van der Waals surface area contributed by atoms with Crippen molar-refractivity contribution < 1.29 is 13.0 Å². The van der Waals surface area contributed by atoms with Crippen LogP contribution in [0.2, 0.25) is 0 Å². The van der Waals surface area contributed by atoms with Crippen molar-refractivity contribution in [1.82, 2.24) is 4.31 Å². The van der Waals surface area contributed by atoms with Crippen LogP contribution in [0, 0.1) is 0 Å². The van der Waals surface area contributed by atoms with Gasteiger partial charge >= 0.3 is 0 Å². The highest BCUT2D eigenvalue weighted by atomic mass is 32.2. The molecule has 0 bridgehead atoms. The normalized spacial score (nSPS) is 30.0. The molecule has 1 saturated heterocycles. The molecule has 5 nitrogen and oxygen atoms in total. The summed E-state index contributed by atoms with van der Waals surface area (Å²) in [6.45, 7) is 3.87. The van der Waals surface area contributed by atoms with Crippen molar-refractivity contribution in [2.45, 2.75) is 80.7 Å². The summed E-state index contributed by atoms with van der Waals surface area (Å²) < 4.78 is 30.8. The summed E-state index contributed by atoms with van der Waals surface area (Å²) in [6.07, 6.45) is 15.3. The van der Waals surface area contributed by atoms with Crippen molar-refractivity contribution in [2.75, 3.05) is 38.1 Å². The number of sulfonamides is 1. The Hall–Kier alpha value is -1.31. The molecule has 0 amide bonds. The van der Waals surface area contributed by atoms with Crippen molar-refractivity contribution in [3.05, 3.63) is 34.9 Å². The molecule has 4 aliphatic heterocycles. The summed E-state index contributed by atoms with van der Waals surface area (Å²) in [4.78, 5) is 2.60. The minimum atomic E-state index is -3.16. The van der Waals surface area contributed by atoms with Crippen molar-refractivity contribution in [2.24, 2.45) is 0 Å². The Morgan fingerprint density at radius 1 is 0.941 bits per heavy atom. The van der Waals surface area contributed by atoms with E-state index in [9.17, 15) is 8.42 Å². The number of rotatable bonds is 4. The fourth-order valence-electron chi connectivity index (χ4n) is 6.90. The number of aryl methyl sites for hydroxylation is 2. The number of benzene rings is 1. The second-order valence-electron chi connectivity index (χ2n) is 10.8. The molecule has 1 aromatic carbocycles. The van der Waals surface area contributed by atoms with Crippen LogP contribution in [0.15, 0.2) is 18.2 Å². The third-order valence-electron chi connectivity index (χ3n) is 8.70. The van der Waals surface area contributed by atoms with E-state index in [2.05, 4.69) is 40.8 Å². The molecule has 0 radical (unpaired) electrons. The number of hydrogen-bond donors (Lipinski definition) is 0. The van der Waals surface area contributed by atoms with Gasteiger partial charge < -0.3 is 4.90 Å². The van der Waals surface area contributed by atoms with E-state index in [4.69, 9.17) is 0 Å². The van der Waals surface area contributed by atoms with Gasteiger partial charge in [0.1, 0.15) is 7.05 Å². The number of hydrogen-bond acceptors (Lipinski definition) is 4. The molecule has 4 heterocycles. The van der Waals surface area contributed by atoms with Gasteiger partial charge in [-0.2, -0.15) is 0 Å². The molecule has 3 atom stereocenters. The average molecular weight is 501 g/mol. The van der Waals surface area contributed by atoms with Crippen LogP contribution in [0.3, 0.4) is 0 Å². The Bertz CT molecular complexity index is 1090. The SMILES string of the molecule is C[N+]1=C(C=Cc2cc3c4c(c2)CCCN4CCC3)SC2CC(S(=O)(=O)N3CCCCC3)CCC21. The Labute approximate surface area is 209 Å². The highest BCUT2D eigenvalue weighted by molar-refractivity contribution is 8.14. The van der Waals surface area contributed by atoms with Gasteiger partial charge in [0.2, 0.25) is 15.1 Å². The first-order valence-corrected chi connectivity index (χ1v) is 15.7. The van der Waals surface area contributed by atoms with E-state index < -0.39 is 10.0 Å². The second kappa shape index (κ2) is 9.29. The maximum atomic E-state index is 13.3. The molecule has 1 aromatic rings. The fraction of sp³-hybridized carbons (Fsp3) is 0.667. The number of nitrogens with zero attached hydrogens (tertiary/aromatic N) is 3. The highest BCUT2D eigenvalue weighted by Crippen LogP contribution is 2.40. The third-order valence-corrected chi connectivity index (χ3v) is 12.5. The van der Waals surface area contributed by atoms with E-state index >= 15 is 0 Å². The molecule has 7 heteroatoms. The standard InChI is InChI=1S/C27H38N3O2S2/c1-28-24-11-10-23(34(31,32)30-15-3-2-4-16-30)19-25(24)33-26(28)12-9-20-17-21-7-5-13-29-14-6-8-22(18-20)27(21)29/h9,12,17-18,23-25H,2-8,10-11,13-16,19H2,1H3/q+1. The predicted octanol–water partition coefficient (Wildman–Crippen LogP) is 4.29. The number of fused-ring (bicyclic) bond motifs is 1. The zero-order valence-corrected chi connectivity index (χ0v) is 22.0. The molecular formula is C27H38N3O2S2+. The fourth-order valence-corrected chi connectivity index (χ4v) is 10.7. The first-order valence-electron chi connectivity index (χ1n) is 13.3. The zero-order chi connectivity index (χ0) is 23.3. The molecule has 3 unspecified atom stereocenters. The Balaban J connectivity index is 1.17. The van der Waals surface area contributed by atoms with Crippen LogP contribution in [-0.2, 0) is 22.9 Å². The van der Waals surface area contributed by atoms with Gasteiger partial charge in [-0.15, -0.1) is 0 Å². The summed E-state index contributed by atoms with van der Waals surface area (Å²) >= 11 is 1.90. The lowest BCUT2D eigenvalue weighted by Crippen LogP contribution is -2.46. The molecule has 34 heavy (non-hydrogen) atoms. The van der Waals surface area contributed by atoms with Crippen LogP contribution >= 0.6 is 11.8 Å². The summed E-state index contributed by atoms with van der Waals surface area (Å²) in [5.41, 5.74) is 5.90. The van der Waals surface area contributed by atoms with Gasteiger partial charge in [-0.05, 0) is 98.0 Å². The van der Waals surface area contributed by atoms with E-state index in [1.54, 1.807) is 4.31 Å². The average Bonchev–Trinajstić information content (AvgIpc) is 3.18. The monoisotopic (exact) mass is 500 g/mol. The minimum Gasteiger partial charge on any atom is -0.371 e. The third kappa shape index (κ3) is 4.16. The largest absolute Gasteiger partial charge is 0.371 e. The lowest BCUT2D eigenvalue weighted by atomic mass is 9.90. The van der Waals surface area contributed by atoms with Crippen LogP contribution in [0.25, 0.3) is 6.08 Å². The van der Waals surface area contributed by atoms with Gasteiger partial charge in [0, 0.05) is 44.4 Å². The van der Waals surface area contributed by atoms with E-state index in [0.717, 1.165) is 51.6 Å². The smallest absolute Gasteiger partial charge is 0.235 e. The lowest BCUT2D eigenvalue weighted by molar-refractivity contribution is -0.533. The van der Waals surface area contributed by atoms with Gasteiger partial charge in [-0.3, -0.25) is 0 Å². The summed E-state index contributed by atoms with van der Waals surface area (Å²) in [6, 6.07) is 5.26. The van der Waals surface area contributed by atoms with Crippen molar-refractivity contribution >= 4 is 38.6 Å². The first-order chi connectivity index (χ1) is 16.5. The van der Waals surface area contributed by atoms with E-state index in [0.29, 0.717) is 11.3 Å². The molecule has 6 rings (SSSR count). The molecular weight excluding hydrogens is 462 g/mol. The quantitative estimate of drug-likeness (QED) is 0.579. The lowest BCUT2D eigenvalue weighted by Gasteiger charge is -2.37. The van der Waals surface area contributed by atoms with E-state index in [1.807, 2.05) is 11.8 Å². The molecule has 1 saturated carbocycles. The second-order valence-corrected chi connectivity index (χ2v) is 14.3. The molecule has 0 spiro atoms. The Morgan fingerprint density at radius 2 is 1.65 bits per heavy atom. The minimum absolute atomic E-state index is 0.201. The first kappa shape index (κ1) is 23.1. The zero-order valence-electron chi connectivity index (χ0n) is 20.4. The number of piperidine rings is 1. The molecule has 184 valence electrons. The van der Waals surface area contributed by atoms with Gasteiger partial charge in [0.05, 0.1) is 10.5 Å². The predicted molar refractivity (Wildman–Crippen MR) is 143 cm³/mol. The molecule has 1 aliphatic carbocycles. The maximum Gasteiger partial charge on any atom is 0.235 e. The topological polar surface area (TPSA) is 43.6 Å². The van der Waals surface area contributed by atoms with E-state index in [-0.39, 0.29) is 5.25 Å². The van der Waals surface area contributed by atoms with Crippen LogP contribution in [0.4, 0.5) is 5.69 Å². The van der Waals surface area contributed by atoms with Crippen molar-refractivity contribution in [3.8, 4) is 0 Å². The van der Waals surface area contributed by atoms with Crippen LogP contribution in [0.5, 0.6) is 0 Å².